The van der Waals surface area contributed by atoms with Crippen LogP contribution in [0.5, 0.6) is 0 Å². The van der Waals surface area contributed by atoms with E-state index in [-0.39, 0.29) is 12.4 Å². The van der Waals surface area contributed by atoms with Crippen LogP contribution in [0.3, 0.4) is 0 Å². The minimum absolute atomic E-state index is 0.138. The van der Waals surface area contributed by atoms with Gasteiger partial charge in [0.15, 0.2) is 6.29 Å². The molecule has 0 aliphatic heterocycles. The standard InChI is InChI=1S/C10H22O4/c1-9(13-8-7-11-3)5-6-14-10(2)12-4/h9-10H,5-8H2,1-4H3. The van der Waals surface area contributed by atoms with Gasteiger partial charge in [0.1, 0.15) is 0 Å². The van der Waals surface area contributed by atoms with Crippen molar-refractivity contribution < 1.29 is 18.9 Å². The Morgan fingerprint density at radius 1 is 0.929 bits per heavy atom. The Morgan fingerprint density at radius 2 is 1.64 bits per heavy atom. The van der Waals surface area contributed by atoms with Crippen molar-refractivity contribution in [2.24, 2.45) is 0 Å². The molecule has 0 aliphatic carbocycles. The van der Waals surface area contributed by atoms with Gasteiger partial charge in [-0.1, -0.05) is 0 Å². The molecule has 0 aromatic heterocycles. The minimum atomic E-state index is -0.138. The molecule has 0 amide bonds. The van der Waals surface area contributed by atoms with Crippen LogP contribution in [-0.2, 0) is 18.9 Å². The summed E-state index contributed by atoms with van der Waals surface area (Å²) in [6, 6.07) is 0. The van der Waals surface area contributed by atoms with Gasteiger partial charge in [0.25, 0.3) is 0 Å². The number of hydrogen-bond donors (Lipinski definition) is 0. The van der Waals surface area contributed by atoms with E-state index in [9.17, 15) is 0 Å². The van der Waals surface area contributed by atoms with Crippen molar-refractivity contribution in [2.45, 2.75) is 32.7 Å². The highest BCUT2D eigenvalue weighted by Gasteiger charge is 2.04. The van der Waals surface area contributed by atoms with E-state index >= 15 is 0 Å². The van der Waals surface area contributed by atoms with E-state index in [2.05, 4.69) is 0 Å². The lowest BCUT2D eigenvalue weighted by atomic mass is 10.3. The van der Waals surface area contributed by atoms with Gasteiger partial charge in [0, 0.05) is 14.2 Å². The first-order chi connectivity index (χ1) is 6.70. The average molecular weight is 206 g/mol. The van der Waals surface area contributed by atoms with Crippen LogP contribution in [0.25, 0.3) is 0 Å². The van der Waals surface area contributed by atoms with Gasteiger partial charge in [0.2, 0.25) is 0 Å². The molecule has 14 heavy (non-hydrogen) atoms. The molecule has 0 saturated heterocycles. The highest BCUT2D eigenvalue weighted by molar-refractivity contribution is 4.49. The summed E-state index contributed by atoms with van der Waals surface area (Å²) in [5.41, 5.74) is 0. The molecule has 0 bridgehead atoms. The molecule has 0 N–H and O–H groups in total. The van der Waals surface area contributed by atoms with Crippen LogP contribution in [0.1, 0.15) is 20.3 Å². The first-order valence-electron chi connectivity index (χ1n) is 4.95. The van der Waals surface area contributed by atoms with E-state index in [4.69, 9.17) is 18.9 Å². The van der Waals surface area contributed by atoms with Crippen LogP contribution < -0.4 is 0 Å². The summed E-state index contributed by atoms with van der Waals surface area (Å²) >= 11 is 0. The summed E-state index contributed by atoms with van der Waals surface area (Å²) in [5, 5.41) is 0. The third kappa shape index (κ3) is 8.44. The summed E-state index contributed by atoms with van der Waals surface area (Å²) in [6.07, 6.45) is 0.938. The van der Waals surface area contributed by atoms with Crippen molar-refractivity contribution in [1.82, 2.24) is 0 Å². The highest BCUT2D eigenvalue weighted by atomic mass is 16.7. The van der Waals surface area contributed by atoms with Crippen LogP contribution in [0.15, 0.2) is 0 Å². The zero-order chi connectivity index (χ0) is 10.8. The minimum Gasteiger partial charge on any atom is -0.382 e. The maximum absolute atomic E-state index is 5.45. The fourth-order valence-electron chi connectivity index (χ4n) is 0.884. The quantitative estimate of drug-likeness (QED) is 0.422. The molecule has 0 aromatic carbocycles. The smallest absolute Gasteiger partial charge is 0.154 e. The molecule has 2 atom stereocenters. The van der Waals surface area contributed by atoms with E-state index in [0.717, 1.165) is 6.42 Å². The second-order valence-electron chi connectivity index (χ2n) is 3.14. The van der Waals surface area contributed by atoms with Crippen molar-refractivity contribution in [3.8, 4) is 0 Å². The number of methoxy groups -OCH3 is 2. The molecule has 0 aromatic rings. The molecule has 0 spiro atoms. The fraction of sp³-hybridized carbons (Fsp3) is 1.00. The summed E-state index contributed by atoms with van der Waals surface area (Å²) < 4.78 is 20.6. The fourth-order valence-corrected chi connectivity index (χ4v) is 0.884. The second-order valence-corrected chi connectivity index (χ2v) is 3.14. The van der Waals surface area contributed by atoms with Crippen molar-refractivity contribution in [2.75, 3.05) is 34.0 Å². The Kier molecular flexibility index (Phi) is 9.29. The number of ether oxygens (including phenoxy) is 4. The van der Waals surface area contributed by atoms with E-state index in [1.54, 1.807) is 14.2 Å². The zero-order valence-corrected chi connectivity index (χ0v) is 9.62. The lowest BCUT2D eigenvalue weighted by Crippen LogP contribution is -2.17. The predicted molar refractivity (Wildman–Crippen MR) is 54.3 cm³/mol. The van der Waals surface area contributed by atoms with Crippen LogP contribution in [0, 0.1) is 0 Å². The zero-order valence-electron chi connectivity index (χ0n) is 9.62. The van der Waals surface area contributed by atoms with Crippen LogP contribution in [0.4, 0.5) is 0 Å². The molecular weight excluding hydrogens is 184 g/mol. The van der Waals surface area contributed by atoms with Gasteiger partial charge in [-0.25, -0.2) is 0 Å². The van der Waals surface area contributed by atoms with Gasteiger partial charge in [-0.2, -0.15) is 0 Å². The van der Waals surface area contributed by atoms with Crippen molar-refractivity contribution in [3.63, 3.8) is 0 Å². The van der Waals surface area contributed by atoms with E-state index < -0.39 is 0 Å². The predicted octanol–water partition coefficient (Wildman–Crippen LogP) is 1.44. The Balaban J connectivity index is 3.21. The summed E-state index contributed by atoms with van der Waals surface area (Å²) in [5.74, 6) is 0. The van der Waals surface area contributed by atoms with Crippen LogP contribution in [0.2, 0.25) is 0 Å². The van der Waals surface area contributed by atoms with Crippen molar-refractivity contribution in [1.29, 1.82) is 0 Å². The first-order valence-corrected chi connectivity index (χ1v) is 4.95. The molecular formula is C10H22O4. The van der Waals surface area contributed by atoms with Gasteiger partial charge < -0.3 is 18.9 Å². The van der Waals surface area contributed by atoms with Crippen molar-refractivity contribution >= 4 is 0 Å². The molecule has 86 valence electrons. The second kappa shape index (κ2) is 9.40. The lowest BCUT2D eigenvalue weighted by molar-refractivity contribution is -0.118. The Bertz CT molecular complexity index is 119. The summed E-state index contributed by atoms with van der Waals surface area (Å²) in [7, 11) is 3.29. The average Bonchev–Trinajstić information content (AvgIpc) is 2.18. The summed E-state index contributed by atoms with van der Waals surface area (Å²) in [6.45, 7) is 5.83. The molecule has 0 heterocycles. The number of rotatable bonds is 9. The molecule has 0 saturated carbocycles. The molecule has 4 nitrogen and oxygen atoms in total. The lowest BCUT2D eigenvalue weighted by Gasteiger charge is -2.15. The third-order valence-electron chi connectivity index (χ3n) is 1.90. The highest BCUT2D eigenvalue weighted by Crippen LogP contribution is 2.00. The Hall–Kier alpha value is -0.160. The van der Waals surface area contributed by atoms with Crippen LogP contribution >= 0.6 is 0 Å². The van der Waals surface area contributed by atoms with E-state index in [1.165, 1.54) is 0 Å². The van der Waals surface area contributed by atoms with Gasteiger partial charge in [-0.05, 0) is 20.3 Å². The van der Waals surface area contributed by atoms with Gasteiger partial charge in [-0.15, -0.1) is 0 Å². The van der Waals surface area contributed by atoms with Gasteiger partial charge >= 0.3 is 0 Å². The maximum atomic E-state index is 5.45. The van der Waals surface area contributed by atoms with E-state index in [0.29, 0.717) is 19.8 Å². The normalized spacial score (nSPS) is 15.4. The van der Waals surface area contributed by atoms with Crippen LogP contribution in [-0.4, -0.2) is 46.4 Å². The Labute approximate surface area is 86.5 Å². The van der Waals surface area contributed by atoms with E-state index in [1.807, 2.05) is 13.8 Å². The molecule has 0 aliphatic rings. The largest absolute Gasteiger partial charge is 0.382 e. The molecule has 4 heteroatoms. The molecule has 0 fully saturated rings. The Morgan fingerprint density at radius 3 is 2.21 bits per heavy atom. The third-order valence-corrected chi connectivity index (χ3v) is 1.90. The molecule has 0 radical (unpaired) electrons. The first kappa shape index (κ1) is 13.8. The maximum Gasteiger partial charge on any atom is 0.154 e. The van der Waals surface area contributed by atoms with Crippen molar-refractivity contribution in [3.05, 3.63) is 0 Å². The topological polar surface area (TPSA) is 36.9 Å². The van der Waals surface area contributed by atoms with Gasteiger partial charge in [-0.3, -0.25) is 0 Å². The van der Waals surface area contributed by atoms with Gasteiger partial charge in [0.05, 0.1) is 25.9 Å². The molecule has 2 unspecified atom stereocenters. The number of hydrogen-bond acceptors (Lipinski definition) is 4. The molecule has 0 rings (SSSR count). The SMILES string of the molecule is COCCOC(C)CCOC(C)OC. The summed E-state index contributed by atoms with van der Waals surface area (Å²) in [4.78, 5) is 0. The monoisotopic (exact) mass is 206 g/mol.